The molecule has 1 aromatic carbocycles. The quantitative estimate of drug-likeness (QED) is 0.861. The van der Waals surface area contributed by atoms with Gasteiger partial charge in [0, 0.05) is 24.5 Å². The Hall–Kier alpha value is -1.35. The van der Waals surface area contributed by atoms with Crippen LogP contribution in [0.1, 0.15) is 80.8 Å². The fourth-order valence-electron chi connectivity index (χ4n) is 5.04. The first-order valence-electron chi connectivity index (χ1n) is 8.72. The number of benzene rings is 1. The Bertz CT molecular complexity index is 647. The summed E-state index contributed by atoms with van der Waals surface area (Å²) in [7, 11) is 0. The van der Waals surface area contributed by atoms with E-state index in [9.17, 15) is 15.0 Å². The third kappa shape index (κ3) is 2.40. The first-order chi connectivity index (χ1) is 10.7. The van der Waals surface area contributed by atoms with Crippen molar-refractivity contribution in [3.63, 3.8) is 0 Å². The highest BCUT2D eigenvalue weighted by atomic mass is 16.3. The molecule has 3 heteroatoms. The number of Topliss-reactive ketones (excluding diaryl/α,β-unsaturated/α-hetero) is 1. The van der Waals surface area contributed by atoms with Crippen LogP contribution in [-0.4, -0.2) is 22.6 Å². The van der Waals surface area contributed by atoms with Crippen LogP contribution in [0.5, 0.6) is 5.75 Å². The Morgan fingerprint density at radius 3 is 2.61 bits per heavy atom. The number of rotatable bonds is 2. The number of phenolic OH excluding ortho intramolecular Hbond substituents is 1. The molecule has 1 fully saturated rings. The summed E-state index contributed by atoms with van der Waals surface area (Å²) in [6.45, 7) is 8.64. The number of aromatic hydroxyl groups is 1. The number of ketones is 1. The molecule has 3 rings (SSSR count). The Balaban J connectivity index is 2.17. The predicted octanol–water partition coefficient (Wildman–Crippen LogP) is 4.16. The second kappa shape index (κ2) is 5.34. The lowest BCUT2D eigenvalue weighted by molar-refractivity contribution is 0.0367. The summed E-state index contributed by atoms with van der Waals surface area (Å²) in [4.78, 5) is 12.8. The Morgan fingerprint density at radius 2 is 1.96 bits per heavy atom. The molecule has 126 valence electrons. The van der Waals surface area contributed by atoms with Crippen LogP contribution in [0, 0.1) is 11.3 Å². The van der Waals surface area contributed by atoms with E-state index >= 15 is 0 Å². The number of carbonyl (C=O) groups excluding carboxylic acids is 1. The summed E-state index contributed by atoms with van der Waals surface area (Å²) < 4.78 is 0. The predicted molar refractivity (Wildman–Crippen MR) is 91.0 cm³/mol. The fraction of sp³-hybridized carbons (Fsp3) is 0.650. The lowest BCUT2D eigenvalue weighted by Crippen LogP contribution is -2.49. The molecule has 0 radical (unpaired) electrons. The average Bonchev–Trinajstić information content (AvgIpc) is 2.48. The Morgan fingerprint density at radius 1 is 1.26 bits per heavy atom. The second-order valence-electron chi connectivity index (χ2n) is 8.48. The number of aliphatic hydroxyl groups excluding tert-OH is 1. The van der Waals surface area contributed by atoms with E-state index in [2.05, 4.69) is 20.8 Å². The number of phenols is 1. The van der Waals surface area contributed by atoms with Crippen LogP contribution in [0.4, 0.5) is 0 Å². The van der Waals surface area contributed by atoms with E-state index in [4.69, 9.17) is 0 Å². The molecule has 0 heterocycles. The monoisotopic (exact) mass is 316 g/mol. The summed E-state index contributed by atoms with van der Waals surface area (Å²) in [5.41, 5.74) is 2.54. The number of hydrogen-bond donors (Lipinski definition) is 2. The van der Waals surface area contributed by atoms with E-state index in [0.29, 0.717) is 17.9 Å². The van der Waals surface area contributed by atoms with Crippen molar-refractivity contribution < 1.29 is 15.0 Å². The fourth-order valence-corrected chi connectivity index (χ4v) is 5.04. The third-order valence-corrected chi connectivity index (χ3v) is 6.51. The van der Waals surface area contributed by atoms with Crippen LogP contribution >= 0.6 is 0 Å². The van der Waals surface area contributed by atoms with Gasteiger partial charge in [-0.2, -0.15) is 0 Å². The maximum Gasteiger partial charge on any atom is 0.163 e. The maximum atomic E-state index is 12.8. The molecule has 2 N–H and O–H groups in total. The topological polar surface area (TPSA) is 57.5 Å². The number of aliphatic hydroxyl groups is 1. The van der Waals surface area contributed by atoms with E-state index in [1.54, 1.807) is 0 Å². The van der Waals surface area contributed by atoms with Crippen molar-refractivity contribution in [2.75, 3.05) is 6.61 Å². The van der Waals surface area contributed by atoms with Crippen LogP contribution in [0.3, 0.4) is 0 Å². The largest absolute Gasteiger partial charge is 0.508 e. The summed E-state index contributed by atoms with van der Waals surface area (Å²) in [5.74, 6) is 0.554. The molecular weight excluding hydrogens is 288 g/mol. The molecule has 2 aliphatic carbocycles. The molecule has 0 amide bonds. The van der Waals surface area contributed by atoms with Gasteiger partial charge in [-0.05, 0) is 52.8 Å². The molecule has 1 saturated carbocycles. The van der Waals surface area contributed by atoms with Gasteiger partial charge in [0.2, 0.25) is 0 Å². The molecule has 23 heavy (non-hydrogen) atoms. The standard InChI is InChI=1S/C20H28O3/c1-12(11-21)13-8-14-15(9-16(13)22)20(4)7-5-6-19(2,3)18(20)10-17(14)23/h8-9,12,18,21-22H,5-7,10-11H2,1-4H3/t12?,18-,20+/m0/s1. The molecule has 0 aromatic heterocycles. The van der Waals surface area contributed by atoms with Crippen molar-refractivity contribution in [3.8, 4) is 5.75 Å². The molecule has 3 nitrogen and oxygen atoms in total. The lowest BCUT2D eigenvalue weighted by atomic mass is 9.50. The first-order valence-corrected chi connectivity index (χ1v) is 8.72. The second-order valence-corrected chi connectivity index (χ2v) is 8.48. The van der Waals surface area contributed by atoms with Crippen molar-refractivity contribution in [3.05, 3.63) is 28.8 Å². The lowest BCUT2D eigenvalue weighted by Gasteiger charge is -2.53. The van der Waals surface area contributed by atoms with E-state index in [1.165, 1.54) is 0 Å². The maximum absolute atomic E-state index is 12.8. The van der Waals surface area contributed by atoms with E-state index < -0.39 is 0 Å². The number of hydrogen-bond acceptors (Lipinski definition) is 3. The van der Waals surface area contributed by atoms with Crippen LogP contribution < -0.4 is 0 Å². The number of fused-ring (bicyclic) bond motifs is 3. The van der Waals surface area contributed by atoms with Gasteiger partial charge >= 0.3 is 0 Å². The normalized spacial score (nSPS) is 30.5. The van der Waals surface area contributed by atoms with Gasteiger partial charge < -0.3 is 10.2 Å². The highest BCUT2D eigenvalue weighted by Gasteiger charge is 2.52. The van der Waals surface area contributed by atoms with Crippen molar-refractivity contribution in [1.82, 2.24) is 0 Å². The molecule has 0 bridgehead atoms. The van der Waals surface area contributed by atoms with Crippen molar-refractivity contribution in [1.29, 1.82) is 0 Å². The first kappa shape index (κ1) is 16.5. The van der Waals surface area contributed by atoms with E-state index in [0.717, 1.165) is 30.4 Å². The molecular formula is C20H28O3. The van der Waals surface area contributed by atoms with Crippen LogP contribution in [-0.2, 0) is 5.41 Å². The Labute approximate surface area is 138 Å². The van der Waals surface area contributed by atoms with Gasteiger partial charge in [-0.25, -0.2) is 0 Å². The van der Waals surface area contributed by atoms with Gasteiger partial charge in [0.05, 0.1) is 0 Å². The average molecular weight is 316 g/mol. The molecule has 0 saturated heterocycles. The van der Waals surface area contributed by atoms with Crippen molar-refractivity contribution >= 4 is 5.78 Å². The van der Waals surface area contributed by atoms with Crippen LogP contribution in [0.15, 0.2) is 12.1 Å². The van der Waals surface area contributed by atoms with Crippen LogP contribution in [0.2, 0.25) is 0 Å². The van der Waals surface area contributed by atoms with Gasteiger partial charge in [-0.1, -0.05) is 34.1 Å². The zero-order chi connectivity index (χ0) is 17.0. The minimum atomic E-state index is -0.165. The minimum absolute atomic E-state index is 0.0343. The molecule has 0 spiro atoms. The van der Waals surface area contributed by atoms with Crippen LogP contribution in [0.25, 0.3) is 0 Å². The third-order valence-electron chi connectivity index (χ3n) is 6.51. The Kier molecular flexibility index (Phi) is 3.83. The van der Waals surface area contributed by atoms with Crippen molar-refractivity contribution in [2.45, 2.75) is 64.7 Å². The summed E-state index contributed by atoms with van der Waals surface area (Å²) >= 11 is 0. The minimum Gasteiger partial charge on any atom is -0.508 e. The zero-order valence-corrected chi connectivity index (χ0v) is 14.6. The van der Waals surface area contributed by atoms with E-state index in [1.807, 2.05) is 19.1 Å². The highest BCUT2D eigenvalue weighted by molar-refractivity contribution is 6.00. The smallest absolute Gasteiger partial charge is 0.163 e. The van der Waals surface area contributed by atoms with Crippen molar-refractivity contribution in [2.24, 2.45) is 11.3 Å². The molecule has 2 aliphatic rings. The number of carbonyl (C=O) groups is 1. The van der Waals surface area contributed by atoms with Gasteiger partial charge in [0.25, 0.3) is 0 Å². The summed E-state index contributed by atoms with van der Waals surface area (Å²) in [6.07, 6.45) is 3.97. The molecule has 0 aliphatic heterocycles. The zero-order valence-electron chi connectivity index (χ0n) is 14.6. The summed E-state index contributed by atoms with van der Waals surface area (Å²) in [5, 5.41) is 19.9. The molecule has 1 unspecified atom stereocenters. The van der Waals surface area contributed by atoms with Gasteiger partial charge in [-0.15, -0.1) is 0 Å². The SMILES string of the molecule is CC(CO)c1cc2c(cc1O)[C@@]1(C)CCCC(C)(C)[C@@H]1CC2=O. The van der Waals surface area contributed by atoms with Gasteiger partial charge in [0.15, 0.2) is 5.78 Å². The van der Waals surface area contributed by atoms with E-state index in [-0.39, 0.29) is 34.9 Å². The molecule has 1 aromatic rings. The molecule has 3 atom stereocenters. The van der Waals surface area contributed by atoms with Gasteiger partial charge in [-0.3, -0.25) is 4.79 Å². The summed E-state index contributed by atoms with van der Waals surface area (Å²) in [6, 6.07) is 3.64. The van der Waals surface area contributed by atoms with Gasteiger partial charge in [0.1, 0.15) is 5.75 Å². The highest BCUT2D eigenvalue weighted by Crippen LogP contribution is 2.57.